The topological polar surface area (TPSA) is 116 Å². The first-order valence-corrected chi connectivity index (χ1v) is 13.9. The summed E-state index contributed by atoms with van der Waals surface area (Å²) in [4.78, 5) is 13.4. The summed E-state index contributed by atoms with van der Waals surface area (Å²) in [5.74, 6) is -0.937. The fourth-order valence-corrected chi connectivity index (χ4v) is 5.60. The maximum absolute atomic E-state index is 13.4. The van der Waals surface area contributed by atoms with Gasteiger partial charge < -0.3 is 29.9 Å². The van der Waals surface area contributed by atoms with Crippen molar-refractivity contribution in [1.29, 1.82) is 0 Å². The van der Waals surface area contributed by atoms with Crippen molar-refractivity contribution in [3.05, 3.63) is 119 Å². The molecule has 42 heavy (non-hydrogen) atoms. The molecule has 4 aromatic carbocycles. The van der Waals surface area contributed by atoms with Crippen LogP contribution in [0.4, 0.5) is 0 Å². The van der Waals surface area contributed by atoms with E-state index >= 15 is 0 Å². The molecule has 1 heterocycles. The van der Waals surface area contributed by atoms with Gasteiger partial charge in [-0.1, -0.05) is 60.7 Å². The van der Waals surface area contributed by atoms with Gasteiger partial charge in [-0.25, -0.2) is 0 Å². The Balaban J connectivity index is 1.48. The Bertz CT molecular complexity index is 1540. The van der Waals surface area contributed by atoms with E-state index in [0.29, 0.717) is 18.4 Å². The van der Waals surface area contributed by atoms with Crippen molar-refractivity contribution in [1.82, 2.24) is 0 Å². The minimum absolute atomic E-state index is 0.0335. The third-order valence-corrected chi connectivity index (χ3v) is 7.74. The monoisotopic (exact) mass is 566 g/mol. The normalized spacial score (nSPS) is 18.6. The molecule has 0 radical (unpaired) electrons. The lowest BCUT2D eigenvalue weighted by Crippen LogP contribution is -2.28. The molecule has 216 valence electrons. The van der Waals surface area contributed by atoms with Crippen LogP contribution in [0.1, 0.15) is 63.9 Å². The molecule has 3 atom stereocenters. The number of rotatable bonds is 9. The fraction of sp³-hybridized carbons (Fsp3) is 0.229. The minimum atomic E-state index is -0.485. The third-order valence-electron chi connectivity index (χ3n) is 7.74. The quantitative estimate of drug-likeness (QED) is 0.127. The average Bonchev–Trinajstić information content (AvgIpc) is 3.00. The Morgan fingerprint density at radius 2 is 1.57 bits per heavy atom. The van der Waals surface area contributed by atoms with Crippen LogP contribution in [0.5, 0.6) is 28.7 Å². The van der Waals surface area contributed by atoms with Gasteiger partial charge in [-0.2, -0.15) is 0 Å². The van der Waals surface area contributed by atoms with E-state index in [-0.39, 0.29) is 58.0 Å². The lowest BCUT2D eigenvalue weighted by atomic mass is 9.80. The molecule has 0 unspecified atom stereocenters. The molecular formula is C35H34O7. The number of benzene rings is 4. The second kappa shape index (κ2) is 12.8. The van der Waals surface area contributed by atoms with Gasteiger partial charge in [0.25, 0.3) is 0 Å². The summed E-state index contributed by atoms with van der Waals surface area (Å²) in [5.41, 5.74) is 3.01. The highest BCUT2D eigenvalue weighted by molar-refractivity contribution is 6.11. The minimum Gasteiger partial charge on any atom is -0.508 e. The lowest BCUT2D eigenvalue weighted by molar-refractivity contribution is -0.0632. The van der Waals surface area contributed by atoms with E-state index in [2.05, 4.69) is 12.1 Å². The predicted molar refractivity (Wildman–Crippen MR) is 160 cm³/mol. The second-order valence-corrected chi connectivity index (χ2v) is 10.6. The van der Waals surface area contributed by atoms with Crippen molar-refractivity contribution in [3.8, 4) is 28.7 Å². The average molecular weight is 567 g/mol. The molecule has 0 amide bonds. The molecule has 1 aliphatic rings. The van der Waals surface area contributed by atoms with Gasteiger partial charge in [-0.15, -0.1) is 0 Å². The van der Waals surface area contributed by atoms with Crippen LogP contribution in [0.15, 0.2) is 91.0 Å². The lowest BCUT2D eigenvalue weighted by Gasteiger charge is -2.37. The number of methoxy groups -OCH3 is 1. The SMILES string of the molecule is COc1cc(O)c([C@H]2C[C@H](CCc3ccccc3)O[C@@H](c3ccc(O)cc3)C2)c(O)c1C(=O)C=Cc1ccc(O)cc1. The molecule has 0 aromatic heterocycles. The summed E-state index contributed by atoms with van der Waals surface area (Å²) in [7, 11) is 1.38. The molecule has 0 saturated carbocycles. The largest absolute Gasteiger partial charge is 0.508 e. The van der Waals surface area contributed by atoms with Crippen molar-refractivity contribution in [2.75, 3.05) is 7.11 Å². The van der Waals surface area contributed by atoms with Crippen LogP contribution in [0, 0.1) is 0 Å². The molecule has 0 spiro atoms. The highest BCUT2D eigenvalue weighted by Crippen LogP contribution is 2.50. The number of phenolic OH excluding ortho intramolecular Hbond substituents is 4. The first-order chi connectivity index (χ1) is 20.3. The summed E-state index contributed by atoms with van der Waals surface area (Å²) in [5, 5.41) is 42.0. The van der Waals surface area contributed by atoms with Crippen molar-refractivity contribution in [2.45, 2.75) is 43.8 Å². The summed E-state index contributed by atoms with van der Waals surface area (Å²) < 4.78 is 11.9. The number of hydrogen-bond donors (Lipinski definition) is 4. The van der Waals surface area contributed by atoms with Crippen LogP contribution in [0.3, 0.4) is 0 Å². The van der Waals surface area contributed by atoms with Crippen molar-refractivity contribution >= 4 is 11.9 Å². The number of allylic oxidation sites excluding steroid dienone is 1. The van der Waals surface area contributed by atoms with Crippen LogP contribution in [0.25, 0.3) is 6.08 Å². The molecule has 4 N–H and O–H groups in total. The van der Waals surface area contributed by atoms with Crippen LogP contribution >= 0.6 is 0 Å². The number of carbonyl (C=O) groups excluding carboxylic acids is 1. The summed E-state index contributed by atoms with van der Waals surface area (Å²) in [6.45, 7) is 0. The van der Waals surface area contributed by atoms with E-state index in [1.807, 2.05) is 30.3 Å². The summed E-state index contributed by atoms with van der Waals surface area (Å²) in [6, 6.07) is 24.7. The molecule has 0 bridgehead atoms. The smallest absolute Gasteiger partial charge is 0.193 e. The maximum atomic E-state index is 13.4. The molecule has 1 saturated heterocycles. The zero-order valence-electron chi connectivity index (χ0n) is 23.3. The van der Waals surface area contributed by atoms with Crippen molar-refractivity contribution in [2.24, 2.45) is 0 Å². The summed E-state index contributed by atoms with van der Waals surface area (Å²) in [6.07, 6.45) is 4.90. The standard InChI is InChI=1S/C35H34O7/c1-41-32-21-30(39)33(35(40)34(32)29(38)18-10-23-7-13-26(36)14-8-23)25-19-28(17-9-22-5-3-2-4-6-22)42-31(20-25)24-11-15-27(37)16-12-24/h2-8,10-16,18,21,25,28,31,36-37,39-40H,9,17,19-20H2,1H3/t25-,28-,31+/m0/s1. The van der Waals surface area contributed by atoms with E-state index in [4.69, 9.17) is 9.47 Å². The molecule has 7 nitrogen and oxygen atoms in total. The molecular weight excluding hydrogens is 532 g/mol. The van der Waals surface area contributed by atoms with Gasteiger partial charge in [-0.3, -0.25) is 4.79 Å². The van der Waals surface area contributed by atoms with Crippen LogP contribution in [-0.4, -0.2) is 39.4 Å². The maximum Gasteiger partial charge on any atom is 0.193 e. The number of phenols is 4. The number of aromatic hydroxyl groups is 4. The molecule has 5 rings (SSSR count). The van der Waals surface area contributed by atoms with E-state index in [1.54, 1.807) is 30.3 Å². The van der Waals surface area contributed by atoms with Crippen molar-refractivity contribution in [3.63, 3.8) is 0 Å². The molecule has 1 aliphatic heterocycles. The van der Waals surface area contributed by atoms with Crippen LogP contribution in [-0.2, 0) is 11.2 Å². The van der Waals surface area contributed by atoms with E-state index in [0.717, 1.165) is 18.4 Å². The zero-order chi connectivity index (χ0) is 29.6. The van der Waals surface area contributed by atoms with Crippen LogP contribution < -0.4 is 4.74 Å². The van der Waals surface area contributed by atoms with Gasteiger partial charge in [0.15, 0.2) is 5.78 Å². The number of ketones is 1. The molecule has 1 fully saturated rings. The molecule has 7 heteroatoms. The number of hydrogen-bond acceptors (Lipinski definition) is 7. The van der Waals surface area contributed by atoms with Crippen molar-refractivity contribution < 1.29 is 34.7 Å². The number of ether oxygens (including phenoxy) is 2. The summed E-state index contributed by atoms with van der Waals surface area (Å²) >= 11 is 0. The predicted octanol–water partition coefficient (Wildman–Crippen LogP) is 7.05. The second-order valence-electron chi connectivity index (χ2n) is 10.6. The van der Waals surface area contributed by atoms with Gasteiger partial charge in [0.2, 0.25) is 0 Å². The Hall–Kier alpha value is -4.75. The third kappa shape index (κ3) is 6.58. The van der Waals surface area contributed by atoms with E-state index < -0.39 is 5.78 Å². The molecule has 0 aliphatic carbocycles. The van der Waals surface area contributed by atoms with E-state index in [1.165, 1.54) is 36.9 Å². The highest BCUT2D eigenvalue weighted by Gasteiger charge is 2.36. The number of carbonyl (C=O) groups is 1. The molecule has 4 aromatic rings. The Morgan fingerprint density at radius 3 is 2.24 bits per heavy atom. The van der Waals surface area contributed by atoms with E-state index in [9.17, 15) is 25.2 Å². The Morgan fingerprint density at radius 1 is 0.905 bits per heavy atom. The fourth-order valence-electron chi connectivity index (χ4n) is 5.60. The van der Waals surface area contributed by atoms with Gasteiger partial charge in [0.05, 0.1) is 19.3 Å². The van der Waals surface area contributed by atoms with Gasteiger partial charge in [0, 0.05) is 11.6 Å². The highest BCUT2D eigenvalue weighted by atomic mass is 16.5. The van der Waals surface area contributed by atoms with Gasteiger partial charge in [0.1, 0.15) is 34.3 Å². The van der Waals surface area contributed by atoms with Crippen LogP contribution in [0.2, 0.25) is 0 Å². The Kier molecular flexibility index (Phi) is 8.79. The van der Waals surface area contributed by atoms with Gasteiger partial charge >= 0.3 is 0 Å². The Labute approximate surface area is 244 Å². The zero-order valence-corrected chi connectivity index (χ0v) is 23.3. The number of aryl methyl sites for hydroxylation is 1. The first kappa shape index (κ1) is 28.8. The van der Waals surface area contributed by atoms with Gasteiger partial charge in [-0.05, 0) is 78.6 Å². The first-order valence-electron chi connectivity index (χ1n) is 13.9.